The van der Waals surface area contributed by atoms with E-state index in [1.54, 1.807) is 12.4 Å². The van der Waals surface area contributed by atoms with Gasteiger partial charge in [0.2, 0.25) is 0 Å². The summed E-state index contributed by atoms with van der Waals surface area (Å²) in [6.45, 7) is 9.26. The zero-order valence-corrected chi connectivity index (χ0v) is 13.8. The Hall–Kier alpha value is -1.20. The van der Waals surface area contributed by atoms with Crippen LogP contribution in [-0.4, -0.2) is 41.2 Å². The Morgan fingerprint density at radius 2 is 1.95 bits per heavy atom. The van der Waals surface area contributed by atoms with Crippen molar-refractivity contribution in [3.8, 4) is 0 Å². The monoisotopic (exact) mass is 306 g/mol. The quantitative estimate of drug-likeness (QED) is 0.646. The fourth-order valence-corrected chi connectivity index (χ4v) is 3.31. The lowest BCUT2D eigenvalue weighted by Crippen LogP contribution is -2.40. The molecule has 1 aromatic heterocycles. The molecule has 2 atom stereocenters. The van der Waals surface area contributed by atoms with Crippen molar-refractivity contribution in [3.05, 3.63) is 24.5 Å². The Morgan fingerprint density at radius 3 is 2.62 bits per heavy atom. The number of hydrogen-bond acceptors (Lipinski definition) is 3. The van der Waals surface area contributed by atoms with E-state index >= 15 is 0 Å². The second-order valence-corrected chi connectivity index (χ2v) is 6.58. The van der Waals surface area contributed by atoms with Gasteiger partial charge in [-0.05, 0) is 55.6 Å². The van der Waals surface area contributed by atoms with Crippen LogP contribution in [0, 0.1) is 11.8 Å². The van der Waals surface area contributed by atoms with Crippen molar-refractivity contribution in [2.24, 2.45) is 11.8 Å². The smallest absolute Gasteiger partial charge is 0.170 e. The summed E-state index contributed by atoms with van der Waals surface area (Å²) in [5.74, 6) is 1.66. The van der Waals surface area contributed by atoms with E-state index in [0.717, 1.165) is 37.0 Å². The Morgan fingerprint density at radius 1 is 1.29 bits per heavy atom. The van der Waals surface area contributed by atoms with E-state index in [4.69, 9.17) is 12.2 Å². The van der Waals surface area contributed by atoms with E-state index < -0.39 is 0 Å². The second-order valence-electron chi connectivity index (χ2n) is 6.18. The topological polar surface area (TPSA) is 40.2 Å². The molecule has 1 aromatic rings. The SMILES string of the molecule is C[C@H]1C[C@H](C)CN(CCCNC(=S)Nc2ccncc2)C1. The van der Waals surface area contributed by atoms with Gasteiger partial charge in [0.05, 0.1) is 0 Å². The molecule has 1 aliphatic heterocycles. The van der Waals surface area contributed by atoms with Gasteiger partial charge in [-0.25, -0.2) is 0 Å². The largest absolute Gasteiger partial charge is 0.362 e. The van der Waals surface area contributed by atoms with Crippen LogP contribution in [0.2, 0.25) is 0 Å². The molecule has 2 heterocycles. The summed E-state index contributed by atoms with van der Waals surface area (Å²) in [6, 6.07) is 3.81. The molecule has 2 N–H and O–H groups in total. The van der Waals surface area contributed by atoms with Gasteiger partial charge in [-0.1, -0.05) is 13.8 Å². The summed E-state index contributed by atoms with van der Waals surface area (Å²) in [5.41, 5.74) is 0.973. The van der Waals surface area contributed by atoms with Crippen LogP contribution in [-0.2, 0) is 0 Å². The number of rotatable bonds is 5. The molecule has 0 unspecified atom stereocenters. The summed E-state index contributed by atoms with van der Waals surface area (Å²) < 4.78 is 0. The normalized spacial score (nSPS) is 22.8. The molecule has 1 aliphatic rings. The third kappa shape index (κ3) is 5.98. The van der Waals surface area contributed by atoms with E-state index in [1.165, 1.54) is 19.5 Å². The number of hydrogen-bond donors (Lipinski definition) is 2. The number of nitrogens with one attached hydrogen (secondary N) is 2. The lowest BCUT2D eigenvalue weighted by atomic mass is 9.92. The van der Waals surface area contributed by atoms with Crippen LogP contribution < -0.4 is 10.6 Å². The van der Waals surface area contributed by atoms with E-state index in [-0.39, 0.29) is 0 Å². The molecule has 0 amide bonds. The summed E-state index contributed by atoms with van der Waals surface area (Å²) in [4.78, 5) is 6.57. The zero-order valence-electron chi connectivity index (χ0n) is 13.0. The van der Waals surface area contributed by atoms with E-state index in [0.29, 0.717) is 5.11 Å². The van der Waals surface area contributed by atoms with Crippen LogP contribution in [0.3, 0.4) is 0 Å². The fraction of sp³-hybridized carbons (Fsp3) is 0.625. The average Bonchev–Trinajstić information content (AvgIpc) is 2.44. The van der Waals surface area contributed by atoms with E-state index in [9.17, 15) is 0 Å². The van der Waals surface area contributed by atoms with Gasteiger partial charge in [-0.15, -0.1) is 0 Å². The number of nitrogens with zero attached hydrogens (tertiary/aromatic N) is 2. The Labute approximate surface area is 133 Å². The Kier molecular flexibility index (Phi) is 6.39. The molecule has 2 rings (SSSR count). The average molecular weight is 306 g/mol. The first kappa shape index (κ1) is 16.2. The molecular formula is C16H26N4S. The molecule has 4 nitrogen and oxygen atoms in total. The molecule has 116 valence electrons. The van der Waals surface area contributed by atoms with Crippen molar-refractivity contribution in [1.29, 1.82) is 0 Å². The molecule has 21 heavy (non-hydrogen) atoms. The van der Waals surface area contributed by atoms with Gasteiger partial charge >= 0.3 is 0 Å². The molecule has 0 saturated carbocycles. The highest BCUT2D eigenvalue weighted by molar-refractivity contribution is 7.80. The van der Waals surface area contributed by atoms with Gasteiger partial charge in [-0.2, -0.15) is 0 Å². The summed E-state index contributed by atoms with van der Waals surface area (Å²) in [6.07, 6.45) is 6.00. The van der Waals surface area contributed by atoms with Gasteiger partial charge in [-0.3, -0.25) is 4.98 Å². The first-order chi connectivity index (χ1) is 10.1. The van der Waals surface area contributed by atoms with Crippen LogP contribution >= 0.6 is 12.2 Å². The van der Waals surface area contributed by atoms with Crippen molar-refractivity contribution in [1.82, 2.24) is 15.2 Å². The molecule has 1 saturated heterocycles. The molecule has 0 radical (unpaired) electrons. The standard InChI is InChI=1S/C16H26N4S/c1-13-10-14(2)12-20(11-13)9-3-6-18-16(21)19-15-4-7-17-8-5-15/h4-5,7-8,13-14H,3,6,9-12H2,1-2H3,(H2,17,18,19,21)/t13-,14-/m0/s1. The predicted octanol–water partition coefficient (Wildman–Crippen LogP) is 2.74. The highest BCUT2D eigenvalue weighted by Gasteiger charge is 2.20. The van der Waals surface area contributed by atoms with Gasteiger partial charge < -0.3 is 15.5 Å². The lowest BCUT2D eigenvalue weighted by Gasteiger charge is -2.34. The van der Waals surface area contributed by atoms with Crippen molar-refractivity contribution < 1.29 is 0 Å². The van der Waals surface area contributed by atoms with E-state index in [2.05, 4.69) is 34.4 Å². The molecule has 0 bridgehead atoms. The van der Waals surface area contributed by atoms with Crippen molar-refractivity contribution in [2.75, 3.05) is 31.5 Å². The number of anilines is 1. The minimum atomic E-state index is 0.682. The summed E-state index contributed by atoms with van der Waals surface area (Å²) in [7, 11) is 0. The molecule has 5 heteroatoms. The van der Waals surface area contributed by atoms with Crippen molar-refractivity contribution in [2.45, 2.75) is 26.7 Å². The highest BCUT2D eigenvalue weighted by Crippen LogP contribution is 2.20. The van der Waals surface area contributed by atoms with Crippen LogP contribution in [0.4, 0.5) is 5.69 Å². The first-order valence-corrected chi connectivity index (χ1v) is 8.21. The maximum absolute atomic E-state index is 5.29. The van der Waals surface area contributed by atoms with Crippen LogP contribution in [0.25, 0.3) is 0 Å². The van der Waals surface area contributed by atoms with Crippen molar-refractivity contribution >= 4 is 23.0 Å². The fourth-order valence-electron chi connectivity index (χ4n) is 3.09. The van der Waals surface area contributed by atoms with Gasteiger partial charge in [0, 0.05) is 37.7 Å². The molecular weight excluding hydrogens is 280 g/mol. The Balaban J connectivity index is 1.60. The van der Waals surface area contributed by atoms with Gasteiger partial charge in [0.25, 0.3) is 0 Å². The highest BCUT2D eigenvalue weighted by atomic mass is 32.1. The zero-order chi connectivity index (χ0) is 15.1. The molecule has 0 spiro atoms. The summed E-state index contributed by atoms with van der Waals surface area (Å²) in [5, 5.41) is 7.11. The maximum Gasteiger partial charge on any atom is 0.170 e. The third-order valence-electron chi connectivity index (χ3n) is 3.82. The van der Waals surface area contributed by atoms with Crippen molar-refractivity contribution in [3.63, 3.8) is 0 Å². The van der Waals surface area contributed by atoms with Gasteiger partial charge in [0.1, 0.15) is 0 Å². The minimum absolute atomic E-state index is 0.682. The van der Waals surface area contributed by atoms with Crippen LogP contribution in [0.15, 0.2) is 24.5 Å². The predicted molar refractivity (Wildman–Crippen MR) is 92.5 cm³/mol. The van der Waals surface area contributed by atoms with Crippen LogP contribution in [0.5, 0.6) is 0 Å². The first-order valence-electron chi connectivity index (χ1n) is 7.80. The lowest BCUT2D eigenvalue weighted by molar-refractivity contribution is 0.140. The number of aromatic nitrogens is 1. The van der Waals surface area contributed by atoms with Crippen LogP contribution in [0.1, 0.15) is 26.7 Å². The number of piperidine rings is 1. The summed E-state index contributed by atoms with van der Waals surface area (Å²) >= 11 is 5.29. The molecule has 1 fully saturated rings. The van der Waals surface area contributed by atoms with E-state index in [1.807, 2.05) is 12.1 Å². The minimum Gasteiger partial charge on any atom is -0.362 e. The second kappa shape index (κ2) is 8.29. The molecule has 0 aromatic carbocycles. The van der Waals surface area contributed by atoms with Gasteiger partial charge in [0.15, 0.2) is 5.11 Å². The molecule has 0 aliphatic carbocycles. The number of likely N-dealkylation sites (tertiary alicyclic amines) is 1. The number of pyridine rings is 1. The third-order valence-corrected chi connectivity index (χ3v) is 4.07. The number of thiocarbonyl (C=S) groups is 1. The maximum atomic E-state index is 5.29. The Bertz CT molecular complexity index is 427.